The lowest BCUT2D eigenvalue weighted by molar-refractivity contribution is -0.0629. The monoisotopic (exact) mass is 606 g/mol. The topological polar surface area (TPSA) is 90.2 Å². The van der Waals surface area contributed by atoms with Gasteiger partial charge in [-0.1, -0.05) is 71.9 Å². The summed E-state index contributed by atoms with van der Waals surface area (Å²) < 4.78 is 34.3. The second-order valence-electron chi connectivity index (χ2n) is 13.9. The summed E-state index contributed by atoms with van der Waals surface area (Å²) in [6.45, 7) is 22.3. The fourth-order valence-corrected chi connectivity index (χ4v) is 6.49. The molecule has 1 fully saturated rings. The van der Waals surface area contributed by atoms with Gasteiger partial charge in [0.2, 0.25) is 0 Å². The Morgan fingerprint density at radius 3 is 2.05 bits per heavy atom. The Morgan fingerprint density at radius 2 is 1.49 bits per heavy atom. The maximum atomic E-state index is 13.6. The van der Waals surface area contributed by atoms with E-state index in [2.05, 4.69) is 67.7 Å². The van der Waals surface area contributed by atoms with Crippen molar-refractivity contribution in [3.8, 4) is 0 Å². The van der Waals surface area contributed by atoms with Crippen LogP contribution in [0.5, 0.6) is 0 Å². The first-order chi connectivity index (χ1) is 18.9. The molecule has 0 unspecified atom stereocenters. The summed E-state index contributed by atoms with van der Waals surface area (Å²) in [4.78, 5) is 26.3. The van der Waals surface area contributed by atoms with Gasteiger partial charge in [0.15, 0.2) is 22.9 Å². The van der Waals surface area contributed by atoms with Crippen LogP contribution in [0, 0.1) is 0 Å². The van der Waals surface area contributed by atoms with Gasteiger partial charge < -0.3 is 23.1 Å². The van der Waals surface area contributed by atoms with Gasteiger partial charge in [-0.25, -0.2) is 9.36 Å². The maximum Gasteiger partial charge on any atom is 0.335 e. The van der Waals surface area contributed by atoms with Crippen molar-refractivity contribution in [1.29, 1.82) is 0 Å². The molecule has 2 heterocycles. The molecule has 0 saturated carbocycles. The van der Waals surface area contributed by atoms with Crippen LogP contribution in [0.15, 0.2) is 52.2 Å². The summed E-state index contributed by atoms with van der Waals surface area (Å²) in [6, 6.07) is 11.0. The van der Waals surface area contributed by atoms with Crippen LogP contribution in [0.3, 0.4) is 0 Å². The molecule has 1 aliphatic heterocycles. The molecule has 0 N–H and O–H groups in total. The molecule has 1 saturated heterocycles. The zero-order valence-electron chi connectivity index (χ0n) is 26.7. The van der Waals surface area contributed by atoms with Crippen LogP contribution in [0.2, 0.25) is 36.3 Å². The van der Waals surface area contributed by atoms with E-state index in [1.54, 1.807) is 7.11 Å². The summed E-state index contributed by atoms with van der Waals surface area (Å²) >= 11 is 0. The van der Waals surface area contributed by atoms with Gasteiger partial charge in [0.1, 0.15) is 25.0 Å². The van der Waals surface area contributed by atoms with Crippen molar-refractivity contribution in [3.63, 3.8) is 0 Å². The van der Waals surface area contributed by atoms with E-state index < -0.39 is 52.4 Å². The van der Waals surface area contributed by atoms with Crippen molar-refractivity contribution in [2.75, 3.05) is 13.7 Å². The molecule has 2 aromatic rings. The standard InChI is InChI=1S/C30H50N2O7Si2/c1-29(2,3)40(8,9)37-20-23-25(39-41(10,11)30(4,5)6)26(35-7)27(38-23)31-18-17-24(33)32(28(31)34)21-36-19-22-15-13-12-14-16-22/h12-18,23,25-27H,19-21H2,1-11H3/t23-,25-,26-,27-/m1/s1. The number of hydrogen-bond acceptors (Lipinski definition) is 7. The Kier molecular flexibility index (Phi) is 10.5. The second kappa shape index (κ2) is 12.8. The molecular formula is C30H50N2O7Si2. The van der Waals surface area contributed by atoms with Crippen LogP contribution in [-0.4, -0.2) is 57.8 Å². The molecule has 0 aliphatic carbocycles. The Balaban J connectivity index is 1.93. The van der Waals surface area contributed by atoms with Crippen LogP contribution < -0.4 is 11.2 Å². The number of methoxy groups -OCH3 is 1. The fourth-order valence-electron chi connectivity index (χ4n) is 4.16. The lowest BCUT2D eigenvalue weighted by Gasteiger charge is -2.41. The van der Waals surface area contributed by atoms with E-state index in [0.717, 1.165) is 10.1 Å². The molecule has 1 aromatic carbocycles. The Morgan fingerprint density at radius 1 is 0.878 bits per heavy atom. The van der Waals surface area contributed by atoms with E-state index in [1.165, 1.54) is 16.8 Å². The van der Waals surface area contributed by atoms with Gasteiger partial charge in [0.25, 0.3) is 5.56 Å². The highest BCUT2D eigenvalue weighted by Crippen LogP contribution is 2.43. The Bertz CT molecular complexity index is 1260. The zero-order valence-corrected chi connectivity index (χ0v) is 28.7. The third kappa shape index (κ3) is 7.75. The van der Waals surface area contributed by atoms with Gasteiger partial charge in [-0.2, -0.15) is 0 Å². The van der Waals surface area contributed by atoms with Crippen molar-refractivity contribution in [1.82, 2.24) is 9.13 Å². The van der Waals surface area contributed by atoms with Gasteiger partial charge in [0, 0.05) is 19.4 Å². The summed E-state index contributed by atoms with van der Waals surface area (Å²) in [6.07, 6.45) is -0.857. The third-order valence-electron chi connectivity index (χ3n) is 8.91. The number of nitrogens with zero attached hydrogens (tertiary/aromatic N) is 2. The van der Waals surface area contributed by atoms with Crippen LogP contribution in [-0.2, 0) is 36.4 Å². The normalized spacial score (nSPS) is 22.3. The first-order valence-corrected chi connectivity index (χ1v) is 20.1. The molecule has 1 aliphatic rings. The third-order valence-corrected chi connectivity index (χ3v) is 17.9. The average Bonchev–Trinajstić information content (AvgIpc) is 3.20. The van der Waals surface area contributed by atoms with Crippen LogP contribution in [0.4, 0.5) is 0 Å². The Hall–Kier alpha value is -1.87. The predicted molar refractivity (Wildman–Crippen MR) is 166 cm³/mol. The molecule has 0 amide bonds. The van der Waals surface area contributed by atoms with Crippen molar-refractivity contribution in [3.05, 3.63) is 69.0 Å². The lowest BCUT2D eigenvalue weighted by Crippen LogP contribution is -2.51. The number of ether oxygens (including phenoxy) is 3. The summed E-state index contributed by atoms with van der Waals surface area (Å²) in [5.74, 6) is 0. The van der Waals surface area contributed by atoms with Crippen molar-refractivity contribution in [2.45, 2.75) is 116 Å². The Labute approximate surface area is 247 Å². The molecule has 11 heteroatoms. The quantitative estimate of drug-likeness (QED) is 0.312. The predicted octanol–water partition coefficient (Wildman–Crippen LogP) is 5.51. The van der Waals surface area contributed by atoms with E-state index >= 15 is 0 Å². The van der Waals surface area contributed by atoms with Gasteiger partial charge >= 0.3 is 5.69 Å². The highest BCUT2D eigenvalue weighted by Gasteiger charge is 2.52. The molecule has 1 aromatic heterocycles. The molecule has 0 radical (unpaired) electrons. The van der Waals surface area contributed by atoms with Gasteiger partial charge in [-0.3, -0.25) is 9.36 Å². The van der Waals surface area contributed by atoms with Crippen molar-refractivity contribution < 1.29 is 23.1 Å². The molecule has 4 atom stereocenters. The van der Waals surface area contributed by atoms with Crippen molar-refractivity contribution >= 4 is 16.6 Å². The SMILES string of the molecule is CO[C@@H]1[C@H](O[Si](C)(C)C(C)(C)C)[C@@H](CO[Si](C)(C)C(C)(C)C)O[C@H]1n1ccc(=O)n(COCc2ccccc2)c1=O. The van der Waals surface area contributed by atoms with Gasteiger partial charge in [0.05, 0.1) is 13.2 Å². The second-order valence-corrected chi connectivity index (χ2v) is 23.5. The first-order valence-electron chi connectivity index (χ1n) is 14.3. The molecule has 230 valence electrons. The number of rotatable bonds is 11. The van der Waals surface area contributed by atoms with E-state index in [-0.39, 0.29) is 23.4 Å². The highest BCUT2D eigenvalue weighted by atomic mass is 28.4. The average molecular weight is 607 g/mol. The van der Waals surface area contributed by atoms with Crippen molar-refractivity contribution in [2.24, 2.45) is 0 Å². The number of hydrogen-bond donors (Lipinski definition) is 0. The van der Waals surface area contributed by atoms with Crippen LogP contribution in [0.25, 0.3) is 0 Å². The van der Waals surface area contributed by atoms with Gasteiger partial charge in [-0.05, 0) is 41.8 Å². The lowest BCUT2D eigenvalue weighted by atomic mass is 10.1. The smallest absolute Gasteiger partial charge is 0.335 e. The van der Waals surface area contributed by atoms with Crippen LogP contribution in [0.1, 0.15) is 53.3 Å². The molecular weight excluding hydrogens is 557 g/mol. The largest absolute Gasteiger partial charge is 0.414 e. The summed E-state index contributed by atoms with van der Waals surface area (Å²) in [5.41, 5.74) is -0.0293. The minimum absolute atomic E-state index is 0.0215. The number of benzene rings is 1. The fraction of sp³-hybridized carbons (Fsp3) is 0.667. The van der Waals surface area contributed by atoms with Crippen LogP contribution >= 0.6 is 0 Å². The van der Waals surface area contributed by atoms with E-state index in [0.29, 0.717) is 6.61 Å². The van der Waals surface area contributed by atoms with E-state index in [1.807, 2.05) is 30.3 Å². The minimum atomic E-state index is -2.26. The minimum Gasteiger partial charge on any atom is -0.414 e. The molecule has 0 bridgehead atoms. The molecule has 3 rings (SSSR count). The van der Waals surface area contributed by atoms with E-state index in [9.17, 15) is 9.59 Å². The number of aromatic nitrogens is 2. The summed E-state index contributed by atoms with van der Waals surface area (Å²) in [7, 11) is -2.76. The summed E-state index contributed by atoms with van der Waals surface area (Å²) in [5, 5.41) is -0.0258. The molecule has 0 spiro atoms. The first kappa shape index (κ1) is 33.6. The molecule has 9 nitrogen and oxygen atoms in total. The van der Waals surface area contributed by atoms with E-state index in [4.69, 9.17) is 23.1 Å². The van der Waals surface area contributed by atoms with Gasteiger partial charge in [-0.15, -0.1) is 0 Å². The zero-order chi connectivity index (χ0) is 30.8. The molecule has 41 heavy (non-hydrogen) atoms. The maximum absolute atomic E-state index is 13.6. The highest BCUT2D eigenvalue weighted by molar-refractivity contribution is 6.74.